The van der Waals surface area contributed by atoms with E-state index < -0.39 is 0 Å². The van der Waals surface area contributed by atoms with Crippen molar-refractivity contribution in [1.82, 2.24) is 20.0 Å². The summed E-state index contributed by atoms with van der Waals surface area (Å²) in [6, 6.07) is 20.4. The van der Waals surface area contributed by atoms with Crippen LogP contribution in [0.5, 0.6) is 0 Å². The summed E-state index contributed by atoms with van der Waals surface area (Å²) in [6.45, 7) is 3.85. The second kappa shape index (κ2) is 11.0. The van der Waals surface area contributed by atoms with Crippen LogP contribution in [0.25, 0.3) is 17.3 Å². The van der Waals surface area contributed by atoms with Crippen LogP contribution < -0.4 is 5.32 Å². The zero-order valence-corrected chi connectivity index (χ0v) is 22.8. The zero-order chi connectivity index (χ0) is 27.7. The number of fused-ring (bicyclic) bond motifs is 1. The van der Waals surface area contributed by atoms with Crippen molar-refractivity contribution >= 4 is 46.7 Å². The van der Waals surface area contributed by atoms with Gasteiger partial charge in [-0.25, -0.2) is 9.07 Å². The van der Waals surface area contributed by atoms with Crippen LogP contribution >= 0.6 is 23.2 Å². The molecule has 0 fully saturated rings. The molecule has 0 bridgehead atoms. The van der Waals surface area contributed by atoms with Crippen LogP contribution in [0.2, 0.25) is 10.0 Å². The Hall–Kier alpha value is -3.94. The Kier molecular flexibility index (Phi) is 7.55. The van der Waals surface area contributed by atoms with E-state index in [1.807, 2.05) is 43.3 Å². The molecule has 0 aliphatic carbocycles. The molecule has 3 aromatic carbocycles. The third-order valence-electron chi connectivity index (χ3n) is 6.65. The molecule has 0 saturated carbocycles. The quantitative estimate of drug-likeness (QED) is 0.294. The van der Waals surface area contributed by atoms with Gasteiger partial charge in [-0.05, 0) is 60.0 Å². The summed E-state index contributed by atoms with van der Waals surface area (Å²) in [5, 5.41) is 8.59. The van der Waals surface area contributed by atoms with E-state index in [1.54, 1.807) is 39.9 Å². The number of amides is 2. The van der Waals surface area contributed by atoms with Gasteiger partial charge in [-0.2, -0.15) is 5.10 Å². The van der Waals surface area contributed by atoms with Gasteiger partial charge in [0, 0.05) is 24.1 Å². The van der Waals surface area contributed by atoms with Crippen LogP contribution in [0.1, 0.15) is 52.8 Å². The summed E-state index contributed by atoms with van der Waals surface area (Å²) < 4.78 is 15.2. The first-order chi connectivity index (χ1) is 18.7. The average Bonchev–Trinajstić information content (AvgIpc) is 3.30. The van der Waals surface area contributed by atoms with Crippen LogP contribution in [0, 0.1) is 5.82 Å². The first-order valence-corrected chi connectivity index (χ1v) is 13.1. The Morgan fingerprint density at radius 3 is 2.41 bits per heavy atom. The van der Waals surface area contributed by atoms with Crippen molar-refractivity contribution < 1.29 is 14.0 Å². The summed E-state index contributed by atoms with van der Waals surface area (Å²) in [5.74, 6) is -0.874. The second-order valence-electron chi connectivity index (χ2n) is 9.39. The largest absolute Gasteiger partial charge is 0.344 e. The van der Waals surface area contributed by atoms with E-state index in [9.17, 15) is 14.0 Å². The van der Waals surface area contributed by atoms with Gasteiger partial charge in [0.1, 0.15) is 5.82 Å². The number of benzene rings is 3. The number of aromatic nitrogens is 2. The molecule has 0 radical (unpaired) electrons. The maximum absolute atomic E-state index is 13.7. The molecule has 1 N–H and O–H groups in total. The highest BCUT2D eigenvalue weighted by atomic mass is 35.5. The molecule has 4 aromatic rings. The lowest BCUT2D eigenvalue weighted by molar-refractivity contribution is -0.128. The lowest BCUT2D eigenvalue weighted by atomic mass is 9.97. The molecule has 1 atom stereocenters. The van der Waals surface area contributed by atoms with Gasteiger partial charge in [0.2, 0.25) is 5.91 Å². The molecule has 2 heterocycles. The lowest BCUT2D eigenvalue weighted by Crippen LogP contribution is -2.35. The van der Waals surface area contributed by atoms with Gasteiger partial charge in [-0.1, -0.05) is 65.7 Å². The molecule has 2 amide bonds. The van der Waals surface area contributed by atoms with Crippen molar-refractivity contribution in [3.63, 3.8) is 0 Å². The number of hydrogen-bond acceptors (Lipinski definition) is 3. The van der Waals surface area contributed by atoms with Gasteiger partial charge in [-0.3, -0.25) is 9.59 Å². The highest BCUT2D eigenvalue weighted by Gasteiger charge is 2.33. The van der Waals surface area contributed by atoms with Gasteiger partial charge < -0.3 is 10.2 Å². The van der Waals surface area contributed by atoms with Crippen molar-refractivity contribution in [2.24, 2.45) is 0 Å². The van der Waals surface area contributed by atoms with Crippen LogP contribution in [0.3, 0.4) is 0 Å². The predicted octanol–water partition coefficient (Wildman–Crippen LogP) is 6.71. The summed E-state index contributed by atoms with van der Waals surface area (Å²) in [6.07, 6.45) is 1.86. The highest BCUT2D eigenvalue weighted by Crippen LogP contribution is 2.36. The zero-order valence-electron chi connectivity index (χ0n) is 21.3. The predicted molar refractivity (Wildman–Crippen MR) is 151 cm³/mol. The van der Waals surface area contributed by atoms with E-state index in [2.05, 4.69) is 5.32 Å². The van der Waals surface area contributed by atoms with E-state index in [4.69, 9.17) is 28.3 Å². The molecule has 39 heavy (non-hydrogen) atoms. The Bertz CT molecular complexity index is 1580. The van der Waals surface area contributed by atoms with E-state index in [0.29, 0.717) is 27.0 Å². The Morgan fingerprint density at radius 1 is 1.03 bits per heavy atom. The van der Waals surface area contributed by atoms with E-state index >= 15 is 0 Å². The minimum Gasteiger partial charge on any atom is -0.344 e. The normalized spacial score (nSPS) is 14.7. The van der Waals surface area contributed by atoms with Crippen molar-refractivity contribution in [2.75, 3.05) is 6.54 Å². The van der Waals surface area contributed by atoms with Gasteiger partial charge in [0.05, 0.1) is 29.0 Å². The Balaban J connectivity index is 1.68. The highest BCUT2D eigenvalue weighted by molar-refractivity contribution is 6.35. The minimum absolute atomic E-state index is 0.146. The monoisotopic (exact) mass is 562 g/mol. The molecule has 1 unspecified atom stereocenters. The van der Waals surface area contributed by atoms with E-state index in [1.165, 1.54) is 19.1 Å². The van der Waals surface area contributed by atoms with Crippen molar-refractivity contribution in [1.29, 1.82) is 0 Å². The standard InChI is InChI=1S/C30H25Cl2FN4O2/c1-18(21-6-4-3-5-7-21)34-30(39)28-25-17-36(19(2)38)16-22(14-20-8-11-24(33)12-9-20)29(25)37(35-28)27-13-10-23(31)15-26(27)32/h3-15,18H,16-17H2,1-2H3,(H,34,39)/b22-14+. The third kappa shape index (κ3) is 5.60. The molecule has 198 valence electrons. The first kappa shape index (κ1) is 26.7. The Labute approximate surface area is 235 Å². The molecule has 1 aliphatic rings. The molecule has 5 rings (SSSR count). The summed E-state index contributed by atoms with van der Waals surface area (Å²) in [4.78, 5) is 27.9. The fourth-order valence-electron chi connectivity index (χ4n) is 4.65. The minimum atomic E-state index is -0.377. The van der Waals surface area contributed by atoms with E-state index in [-0.39, 0.29) is 42.5 Å². The van der Waals surface area contributed by atoms with Gasteiger partial charge in [-0.15, -0.1) is 0 Å². The van der Waals surface area contributed by atoms with Crippen molar-refractivity contribution in [3.8, 4) is 5.69 Å². The van der Waals surface area contributed by atoms with Crippen molar-refractivity contribution in [2.45, 2.75) is 26.4 Å². The molecular formula is C30H25Cl2FN4O2. The average molecular weight is 563 g/mol. The lowest BCUT2D eigenvalue weighted by Gasteiger charge is -2.29. The smallest absolute Gasteiger partial charge is 0.272 e. The molecule has 1 aromatic heterocycles. The maximum atomic E-state index is 13.7. The number of nitrogens with one attached hydrogen (secondary N) is 1. The molecule has 0 saturated heterocycles. The first-order valence-electron chi connectivity index (χ1n) is 12.4. The van der Waals surface area contributed by atoms with Crippen molar-refractivity contribution in [3.05, 3.63) is 117 Å². The number of hydrogen-bond donors (Lipinski definition) is 1. The summed E-state index contributed by atoms with van der Waals surface area (Å²) in [7, 11) is 0. The van der Waals surface area contributed by atoms with Gasteiger partial charge in [0.25, 0.3) is 5.91 Å². The number of carbonyl (C=O) groups is 2. The third-order valence-corrected chi connectivity index (χ3v) is 7.19. The van der Waals surface area contributed by atoms with Crippen LogP contribution in [-0.4, -0.2) is 33.0 Å². The molecule has 9 heteroatoms. The fourth-order valence-corrected chi connectivity index (χ4v) is 5.14. The van der Waals surface area contributed by atoms with Gasteiger partial charge in [0.15, 0.2) is 5.69 Å². The fraction of sp³-hybridized carbons (Fsp3) is 0.167. The number of rotatable bonds is 5. The Morgan fingerprint density at radius 2 is 1.74 bits per heavy atom. The molecular weight excluding hydrogens is 538 g/mol. The number of nitrogens with zero attached hydrogens (tertiary/aromatic N) is 3. The SMILES string of the molecule is CC(=O)N1C/C(=C\c2ccc(F)cc2)c2c(c(C(=O)NC(C)c3ccccc3)nn2-c2ccc(Cl)cc2Cl)C1. The van der Waals surface area contributed by atoms with Crippen LogP contribution in [-0.2, 0) is 11.3 Å². The topological polar surface area (TPSA) is 67.2 Å². The molecule has 6 nitrogen and oxygen atoms in total. The second-order valence-corrected chi connectivity index (χ2v) is 10.2. The van der Waals surface area contributed by atoms with Gasteiger partial charge >= 0.3 is 0 Å². The molecule has 1 aliphatic heterocycles. The number of carbonyl (C=O) groups excluding carboxylic acids is 2. The summed E-state index contributed by atoms with van der Waals surface area (Å²) >= 11 is 12.7. The number of halogens is 3. The maximum Gasteiger partial charge on any atom is 0.272 e. The van der Waals surface area contributed by atoms with Crippen LogP contribution in [0.4, 0.5) is 4.39 Å². The van der Waals surface area contributed by atoms with Crippen LogP contribution in [0.15, 0.2) is 72.8 Å². The summed E-state index contributed by atoms with van der Waals surface area (Å²) in [5.41, 5.74) is 4.38. The molecule has 0 spiro atoms. The van der Waals surface area contributed by atoms with E-state index in [0.717, 1.165) is 16.7 Å².